The molecule has 0 spiro atoms. The summed E-state index contributed by atoms with van der Waals surface area (Å²) in [7, 11) is 0. The molecule has 112 valence electrons. The Kier molecular flexibility index (Phi) is 3.66. The highest BCUT2D eigenvalue weighted by Crippen LogP contribution is 2.34. The molecular formula is C16H20N2O3. The maximum atomic E-state index is 12.6. The Bertz CT molecular complexity index is 563. The number of nitrogens with zero attached hydrogens (tertiary/aromatic N) is 2. The molecule has 5 nitrogen and oxygen atoms in total. The van der Waals surface area contributed by atoms with E-state index in [1.807, 2.05) is 4.90 Å². The molecule has 0 unspecified atom stereocenters. The van der Waals surface area contributed by atoms with Gasteiger partial charge in [0.1, 0.15) is 5.69 Å². The lowest BCUT2D eigenvalue weighted by Gasteiger charge is -2.22. The second-order valence-electron chi connectivity index (χ2n) is 6.23. The summed E-state index contributed by atoms with van der Waals surface area (Å²) in [6, 6.07) is 3.01. The van der Waals surface area contributed by atoms with Crippen molar-refractivity contribution in [3.63, 3.8) is 0 Å². The summed E-state index contributed by atoms with van der Waals surface area (Å²) in [6.45, 7) is 3.26. The molecule has 3 rings (SSSR count). The number of carbonyl (C=O) groups excluding carboxylic acids is 1. The Morgan fingerprint density at radius 3 is 2.19 bits per heavy atom. The van der Waals surface area contributed by atoms with Crippen molar-refractivity contribution in [2.45, 2.75) is 32.6 Å². The first kappa shape index (κ1) is 14.0. The first-order valence-corrected chi connectivity index (χ1v) is 7.55. The smallest absolute Gasteiger partial charge is 0.337 e. The summed E-state index contributed by atoms with van der Waals surface area (Å²) in [5, 5.41) is 9.02. The van der Waals surface area contributed by atoms with Crippen molar-refractivity contribution in [1.82, 2.24) is 9.88 Å². The number of hydrogen-bond acceptors (Lipinski definition) is 3. The highest BCUT2D eigenvalue weighted by molar-refractivity contribution is 5.94. The van der Waals surface area contributed by atoms with Gasteiger partial charge in [-0.2, -0.15) is 0 Å². The lowest BCUT2D eigenvalue weighted by Crippen LogP contribution is -2.35. The van der Waals surface area contributed by atoms with Gasteiger partial charge in [0, 0.05) is 13.1 Å². The van der Waals surface area contributed by atoms with Crippen LogP contribution >= 0.6 is 0 Å². The zero-order chi connectivity index (χ0) is 15.0. The third-order valence-corrected chi connectivity index (χ3v) is 4.17. The van der Waals surface area contributed by atoms with Crippen LogP contribution in [0.5, 0.6) is 0 Å². The molecule has 0 saturated heterocycles. The van der Waals surface area contributed by atoms with E-state index < -0.39 is 5.97 Å². The van der Waals surface area contributed by atoms with Crippen LogP contribution in [-0.4, -0.2) is 40.0 Å². The van der Waals surface area contributed by atoms with Gasteiger partial charge >= 0.3 is 5.97 Å². The highest BCUT2D eigenvalue weighted by atomic mass is 16.4. The van der Waals surface area contributed by atoms with Gasteiger partial charge in [-0.1, -0.05) is 0 Å². The standard InChI is InChI=1S/C16H20N2O3/c1-10-13(16(20)21)6-7-14(17-10)15(19)18(8-11-2-3-11)9-12-4-5-12/h6-7,11-12H,2-5,8-9H2,1H3,(H,20,21). The van der Waals surface area contributed by atoms with E-state index in [1.165, 1.54) is 37.8 Å². The second-order valence-corrected chi connectivity index (χ2v) is 6.23. The molecule has 0 bridgehead atoms. The Balaban J connectivity index is 1.77. The minimum Gasteiger partial charge on any atom is -0.478 e. The molecule has 1 aromatic heterocycles. The van der Waals surface area contributed by atoms with Crippen LogP contribution in [0.15, 0.2) is 12.1 Å². The first-order valence-electron chi connectivity index (χ1n) is 7.55. The van der Waals surface area contributed by atoms with Crippen molar-refractivity contribution in [1.29, 1.82) is 0 Å². The fourth-order valence-corrected chi connectivity index (χ4v) is 2.53. The summed E-state index contributed by atoms with van der Waals surface area (Å²) >= 11 is 0. The highest BCUT2D eigenvalue weighted by Gasteiger charge is 2.32. The van der Waals surface area contributed by atoms with Crippen LogP contribution in [0.25, 0.3) is 0 Å². The van der Waals surface area contributed by atoms with Crippen LogP contribution in [0.1, 0.15) is 52.2 Å². The molecule has 5 heteroatoms. The SMILES string of the molecule is Cc1nc(C(=O)N(CC2CC2)CC2CC2)ccc1C(=O)O. The fraction of sp³-hybridized carbons (Fsp3) is 0.562. The van der Waals surface area contributed by atoms with E-state index in [4.69, 9.17) is 5.11 Å². The molecule has 2 fully saturated rings. The van der Waals surface area contributed by atoms with Crippen molar-refractivity contribution in [2.24, 2.45) is 11.8 Å². The largest absolute Gasteiger partial charge is 0.478 e. The van der Waals surface area contributed by atoms with Crippen molar-refractivity contribution < 1.29 is 14.7 Å². The topological polar surface area (TPSA) is 70.5 Å². The van der Waals surface area contributed by atoms with Crippen LogP contribution < -0.4 is 0 Å². The Labute approximate surface area is 124 Å². The van der Waals surface area contributed by atoms with Gasteiger partial charge < -0.3 is 10.0 Å². The first-order chi connectivity index (χ1) is 10.0. The number of aromatic carboxylic acids is 1. The van der Waals surface area contributed by atoms with Crippen LogP contribution in [0.2, 0.25) is 0 Å². The van der Waals surface area contributed by atoms with Crippen LogP contribution in [0, 0.1) is 18.8 Å². The number of pyridine rings is 1. The number of aromatic nitrogens is 1. The molecule has 21 heavy (non-hydrogen) atoms. The number of hydrogen-bond donors (Lipinski definition) is 1. The minimum absolute atomic E-state index is 0.0613. The zero-order valence-electron chi connectivity index (χ0n) is 12.2. The molecule has 1 amide bonds. The van der Waals surface area contributed by atoms with Crippen molar-refractivity contribution >= 4 is 11.9 Å². The van der Waals surface area contributed by atoms with Crippen LogP contribution in [0.4, 0.5) is 0 Å². The van der Waals surface area contributed by atoms with Crippen LogP contribution in [0.3, 0.4) is 0 Å². The molecule has 0 atom stereocenters. The average molecular weight is 288 g/mol. The average Bonchev–Trinajstić information content (AvgIpc) is 3.31. The molecule has 0 aromatic carbocycles. The molecule has 0 aliphatic heterocycles. The molecule has 1 heterocycles. The monoisotopic (exact) mass is 288 g/mol. The fourth-order valence-electron chi connectivity index (χ4n) is 2.53. The summed E-state index contributed by atoms with van der Waals surface area (Å²) in [5.41, 5.74) is 0.910. The van der Waals surface area contributed by atoms with E-state index in [9.17, 15) is 9.59 Å². The quantitative estimate of drug-likeness (QED) is 0.872. The molecule has 0 radical (unpaired) electrons. The summed E-state index contributed by atoms with van der Waals surface area (Å²) < 4.78 is 0. The van der Waals surface area contributed by atoms with Gasteiger partial charge in [0.15, 0.2) is 0 Å². The third kappa shape index (κ3) is 3.40. The molecule has 2 aliphatic rings. The Morgan fingerprint density at radius 2 is 1.76 bits per heavy atom. The summed E-state index contributed by atoms with van der Waals surface area (Å²) in [5.74, 6) is 0.222. The van der Waals surface area contributed by atoms with E-state index in [0.717, 1.165) is 13.1 Å². The maximum Gasteiger partial charge on any atom is 0.337 e. The summed E-state index contributed by atoms with van der Waals surface area (Å²) in [6.07, 6.45) is 4.83. The molecule has 1 aromatic rings. The van der Waals surface area contributed by atoms with E-state index in [1.54, 1.807) is 6.92 Å². The van der Waals surface area contributed by atoms with Gasteiger partial charge in [0.05, 0.1) is 11.3 Å². The van der Waals surface area contributed by atoms with Crippen molar-refractivity contribution in [2.75, 3.05) is 13.1 Å². The van der Waals surface area contributed by atoms with Gasteiger partial charge in [-0.25, -0.2) is 9.78 Å². The van der Waals surface area contributed by atoms with Gasteiger partial charge in [-0.15, -0.1) is 0 Å². The number of carbonyl (C=O) groups is 2. The van der Waals surface area contributed by atoms with Crippen molar-refractivity contribution in [3.8, 4) is 0 Å². The van der Waals surface area contributed by atoms with Gasteiger partial charge in [-0.05, 0) is 56.6 Å². The number of aryl methyl sites for hydroxylation is 1. The van der Waals surface area contributed by atoms with E-state index >= 15 is 0 Å². The van der Waals surface area contributed by atoms with Gasteiger partial charge in [0.2, 0.25) is 0 Å². The van der Waals surface area contributed by atoms with E-state index in [0.29, 0.717) is 23.2 Å². The number of carboxylic acid groups (broad SMARTS) is 1. The second kappa shape index (κ2) is 5.47. The van der Waals surface area contributed by atoms with Crippen molar-refractivity contribution in [3.05, 3.63) is 29.1 Å². The predicted octanol–water partition coefficient (Wildman–Crippen LogP) is 2.35. The Hall–Kier alpha value is -1.91. The van der Waals surface area contributed by atoms with Gasteiger partial charge in [-0.3, -0.25) is 4.79 Å². The van der Waals surface area contributed by atoms with E-state index in [2.05, 4.69) is 4.98 Å². The minimum atomic E-state index is -1.01. The number of carboxylic acids is 1. The molecule has 2 saturated carbocycles. The molecule has 1 N–H and O–H groups in total. The van der Waals surface area contributed by atoms with E-state index in [-0.39, 0.29) is 11.5 Å². The van der Waals surface area contributed by atoms with Gasteiger partial charge in [0.25, 0.3) is 5.91 Å². The molecule has 2 aliphatic carbocycles. The predicted molar refractivity (Wildman–Crippen MR) is 77.3 cm³/mol. The maximum absolute atomic E-state index is 12.6. The summed E-state index contributed by atoms with van der Waals surface area (Å²) in [4.78, 5) is 29.7. The lowest BCUT2D eigenvalue weighted by molar-refractivity contribution is 0.0690. The number of rotatable bonds is 6. The van der Waals surface area contributed by atoms with Crippen LogP contribution in [-0.2, 0) is 0 Å². The molecular weight excluding hydrogens is 268 g/mol. The normalized spacial score (nSPS) is 17.6. The number of amides is 1. The zero-order valence-corrected chi connectivity index (χ0v) is 12.2. The lowest BCUT2D eigenvalue weighted by atomic mass is 10.1. The Morgan fingerprint density at radius 1 is 1.19 bits per heavy atom. The third-order valence-electron chi connectivity index (χ3n) is 4.17.